The molecule has 1 rings (SSSR count). The van der Waals surface area contributed by atoms with Crippen LogP contribution in [0.2, 0.25) is 0 Å². The summed E-state index contributed by atoms with van der Waals surface area (Å²) in [7, 11) is 0. The van der Waals surface area contributed by atoms with Crippen LogP contribution in [0.25, 0.3) is 0 Å². The van der Waals surface area contributed by atoms with E-state index >= 15 is 0 Å². The average molecular weight is 345 g/mol. The Morgan fingerprint density at radius 1 is 1.21 bits per heavy atom. The van der Waals surface area contributed by atoms with Crippen molar-refractivity contribution >= 4 is 27.7 Å². The van der Waals surface area contributed by atoms with E-state index in [-0.39, 0.29) is 0 Å². The van der Waals surface area contributed by atoms with E-state index in [1.54, 1.807) is 0 Å². The third-order valence-corrected chi connectivity index (χ3v) is 4.87. The van der Waals surface area contributed by atoms with Gasteiger partial charge in [0.25, 0.3) is 0 Å². The fourth-order valence-electron chi connectivity index (χ4n) is 1.85. The molecule has 108 valence electrons. The Labute approximate surface area is 130 Å². The molecule has 0 saturated carbocycles. The minimum absolute atomic E-state index is 0.932. The fourth-order valence-corrected chi connectivity index (χ4v) is 3.47. The molecule has 0 fully saturated rings. The summed E-state index contributed by atoms with van der Waals surface area (Å²) in [6.45, 7) is 12.0. The van der Waals surface area contributed by atoms with Crippen LogP contribution in [0, 0.1) is 0 Å². The predicted molar refractivity (Wildman–Crippen MR) is 90.0 cm³/mol. The van der Waals surface area contributed by atoms with Gasteiger partial charge in [-0.05, 0) is 37.3 Å². The van der Waals surface area contributed by atoms with E-state index in [1.165, 1.54) is 14.9 Å². The molecule has 1 aromatic rings. The van der Waals surface area contributed by atoms with Crippen molar-refractivity contribution < 1.29 is 0 Å². The predicted octanol–water partition coefficient (Wildman–Crippen LogP) is 3.99. The largest absolute Gasteiger partial charge is 0.313 e. The highest BCUT2D eigenvalue weighted by Crippen LogP contribution is 2.25. The maximum atomic E-state index is 3.66. The number of rotatable bonds is 9. The van der Waals surface area contributed by atoms with Crippen molar-refractivity contribution in [1.82, 2.24) is 10.2 Å². The second-order valence-electron chi connectivity index (χ2n) is 4.41. The maximum absolute atomic E-state index is 3.66. The monoisotopic (exact) mass is 344 g/mol. The lowest BCUT2D eigenvalue weighted by Crippen LogP contribution is -2.25. The lowest BCUT2D eigenvalue weighted by atomic mass is 10.2. The van der Waals surface area contributed by atoms with Gasteiger partial charge < -0.3 is 10.2 Å². The van der Waals surface area contributed by atoms with Gasteiger partial charge in [0.15, 0.2) is 0 Å². The first-order valence-corrected chi connectivity index (χ1v) is 8.83. The molecule has 19 heavy (non-hydrogen) atoms. The van der Waals surface area contributed by atoms with E-state index in [9.17, 15) is 0 Å². The lowest BCUT2D eigenvalue weighted by molar-refractivity contribution is 0.324. The van der Waals surface area contributed by atoms with Gasteiger partial charge in [-0.2, -0.15) is 0 Å². The van der Waals surface area contributed by atoms with Crippen LogP contribution in [0.3, 0.4) is 0 Å². The molecule has 4 heteroatoms. The van der Waals surface area contributed by atoms with Gasteiger partial charge in [-0.15, -0.1) is 11.8 Å². The van der Waals surface area contributed by atoms with Crippen LogP contribution in [-0.2, 0) is 6.54 Å². The first-order chi connectivity index (χ1) is 9.21. The number of nitrogens with zero attached hydrogens (tertiary/aromatic N) is 1. The van der Waals surface area contributed by atoms with Crippen molar-refractivity contribution in [2.45, 2.75) is 32.2 Å². The highest BCUT2D eigenvalue weighted by molar-refractivity contribution is 9.10. The molecule has 0 aliphatic heterocycles. The summed E-state index contributed by atoms with van der Waals surface area (Å²) < 4.78 is 1.21. The van der Waals surface area contributed by atoms with Crippen LogP contribution in [0.4, 0.5) is 0 Å². The molecule has 0 atom stereocenters. The number of halogens is 1. The van der Waals surface area contributed by atoms with Crippen molar-refractivity contribution in [3.63, 3.8) is 0 Å². The van der Waals surface area contributed by atoms with Gasteiger partial charge in [0.05, 0.1) is 0 Å². The van der Waals surface area contributed by atoms with Gasteiger partial charge in [-0.25, -0.2) is 0 Å². The Hall–Kier alpha value is -0.0300. The molecule has 0 bridgehead atoms. The molecule has 0 aliphatic rings. The Bertz CT molecular complexity index is 367. The topological polar surface area (TPSA) is 15.3 Å². The van der Waals surface area contributed by atoms with Crippen LogP contribution in [-0.4, -0.2) is 36.8 Å². The third kappa shape index (κ3) is 6.30. The fraction of sp³-hybridized carbons (Fsp3) is 0.600. The zero-order valence-corrected chi connectivity index (χ0v) is 14.6. The Kier molecular flexibility index (Phi) is 8.79. The molecule has 1 N–H and O–H groups in total. The van der Waals surface area contributed by atoms with Gasteiger partial charge in [-0.1, -0.05) is 42.8 Å². The van der Waals surface area contributed by atoms with Crippen LogP contribution in [0.1, 0.15) is 26.3 Å². The van der Waals surface area contributed by atoms with Gasteiger partial charge in [0.1, 0.15) is 0 Å². The molecule has 0 saturated heterocycles. The Morgan fingerprint density at radius 2 is 1.95 bits per heavy atom. The Morgan fingerprint density at radius 3 is 2.53 bits per heavy atom. The van der Waals surface area contributed by atoms with E-state index in [4.69, 9.17) is 0 Å². The van der Waals surface area contributed by atoms with Crippen LogP contribution in [0.5, 0.6) is 0 Å². The smallest absolute Gasteiger partial charge is 0.0231 e. The highest BCUT2D eigenvalue weighted by atomic mass is 79.9. The van der Waals surface area contributed by atoms with E-state index in [1.807, 2.05) is 11.8 Å². The van der Waals surface area contributed by atoms with Crippen molar-refractivity contribution in [3.05, 3.63) is 28.2 Å². The molecular weight excluding hydrogens is 320 g/mol. The van der Waals surface area contributed by atoms with Crippen molar-refractivity contribution in [2.24, 2.45) is 0 Å². The molecule has 0 aliphatic carbocycles. The van der Waals surface area contributed by atoms with E-state index < -0.39 is 0 Å². The SMILES string of the molecule is CCNCc1ccc(SCCN(CC)CC)cc1Br. The van der Waals surface area contributed by atoms with Gasteiger partial charge in [0, 0.05) is 28.2 Å². The summed E-state index contributed by atoms with van der Waals surface area (Å²) in [6.07, 6.45) is 0. The number of nitrogens with one attached hydrogen (secondary N) is 1. The van der Waals surface area contributed by atoms with Crippen LogP contribution < -0.4 is 5.32 Å². The molecule has 0 amide bonds. The minimum Gasteiger partial charge on any atom is -0.313 e. The van der Waals surface area contributed by atoms with Crippen molar-refractivity contribution in [3.8, 4) is 0 Å². The summed E-state index contributed by atoms with van der Waals surface area (Å²) >= 11 is 5.60. The van der Waals surface area contributed by atoms with E-state index in [2.05, 4.69) is 65.1 Å². The molecule has 1 aromatic carbocycles. The molecule has 0 unspecified atom stereocenters. The summed E-state index contributed by atoms with van der Waals surface area (Å²) in [5, 5.41) is 3.35. The zero-order chi connectivity index (χ0) is 14.1. The Balaban J connectivity index is 2.44. The number of benzene rings is 1. The maximum Gasteiger partial charge on any atom is 0.0231 e. The number of hydrogen-bond donors (Lipinski definition) is 1. The number of hydrogen-bond acceptors (Lipinski definition) is 3. The quantitative estimate of drug-likeness (QED) is 0.681. The zero-order valence-electron chi connectivity index (χ0n) is 12.2. The van der Waals surface area contributed by atoms with E-state index in [0.29, 0.717) is 0 Å². The molecule has 0 aromatic heterocycles. The standard InChI is InChI=1S/C15H25BrN2S/c1-4-17-12-13-7-8-14(11-15(13)16)19-10-9-18(5-2)6-3/h7-8,11,17H,4-6,9-10,12H2,1-3H3. The first kappa shape index (κ1) is 17.0. The summed E-state index contributed by atoms with van der Waals surface area (Å²) in [5.74, 6) is 1.15. The van der Waals surface area contributed by atoms with Gasteiger partial charge in [-0.3, -0.25) is 0 Å². The molecular formula is C15H25BrN2S. The lowest BCUT2D eigenvalue weighted by Gasteiger charge is -2.17. The van der Waals surface area contributed by atoms with Crippen LogP contribution >= 0.6 is 27.7 Å². The third-order valence-electron chi connectivity index (χ3n) is 3.16. The van der Waals surface area contributed by atoms with Gasteiger partial charge >= 0.3 is 0 Å². The van der Waals surface area contributed by atoms with E-state index in [0.717, 1.165) is 38.5 Å². The van der Waals surface area contributed by atoms with Crippen molar-refractivity contribution in [1.29, 1.82) is 0 Å². The molecule has 0 spiro atoms. The molecule has 0 heterocycles. The average Bonchev–Trinajstić information content (AvgIpc) is 2.43. The summed E-state index contributed by atoms with van der Waals surface area (Å²) in [4.78, 5) is 3.81. The van der Waals surface area contributed by atoms with Gasteiger partial charge in [0.2, 0.25) is 0 Å². The van der Waals surface area contributed by atoms with Crippen molar-refractivity contribution in [2.75, 3.05) is 31.9 Å². The highest BCUT2D eigenvalue weighted by Gasteiger charge is 2.03. The second kappa shape index (κ2) is 9.81. The molecule has 0 radical (unpaired) electrons. The summed E-state index contributed by atoms with van der Waals surface area (Å²) in [6, 6.07) is 6.68. The molecule has 2 nitrogen and oxygen atoms in total. The van der Waals surface area contributed by atoms with Crippen LogP contribution in [0.15, 0.2) is 27.6 Å². The minimum atomic E-state index is 0.932. The first-order valence-electron chi connectivity index (χ1n) is 7.05. The second-order valence-corrected chi connectivity index (χ2v) is 6.43. The number of thioether (sulfide) groups is 1. The normalized spacial score (nSPS) is 11.2. The summed E-state index contributed by atoms with van der Waals surface area (Å²) in [5.41, 5.74) is 1.33.